The number of carboxylic acid groups (broad SMARTS) is 1. The quantitative estimate of drug-likeness (QED) is 0.487. The molecule has 0 saturated heterocycles. The molecular formula is C9H21AlO2. The summed E-state index contributed by atoms with van der Waals surface area (Å²) >= 11 is 0. The Labute approximate surface area is 85.5 Å². The molecule has 1 N–H and O–H groups in total. The second kappa shape index (κ2) is 11.0. The molecule has 0 bridgehead atoms. The van der Waals surface area contributed by atoms with E-state index in [0.29, 0.717) is 6.42 Å². The molecule has 0 aromatic heterocycles. The lowest BCUT2D eigenvalue weighted by Crippen LogP contribution is -1.93. The van der Waals surface area contributed by atoms with Gasteiger partial charge in [0.1, 0.15) is 0 Å². The molecule has 0 aromatic carbocycles. The summed E-state index contributed by atoms with van der Waals surface area (Å²) < 4.78 is 0. The van der Waals surface area contributed by atoms with Gasteiger partial charge in [-0.1, -0.05) is 39.0 Å². The van der Waals surface area contributed by atoms with E-state index in [4.69, 9.17) is 5.11 Å². The van der Waals surface area contributed by atoms with Crippen molar-refractivity contribution in [2.24, 2.45) is 0 Å². The summed E-state index contributed by atoms with van der Waals surface area (Å²) in [6, 6.07) is 0. The van der Waals surface area contributed by atoms with Crippen LogP contribution in [-0.2, 0) is 4.79 Å². The Kier molecular flexibility index (Phi) is 13.3. The summed E-state index contributed by atoms with van der Waals surface area (Å²) in [5, 5.41) is 8.32. The van der Waals surface area contributed by atoms with Crippen LogP contribution in [0.4, 0.5) is 0 Å². The summed E-state index contributed by atoms with van der Waals surface area (Å²) in [5.41, 5.74) is 0. The third-order valence-electron chi connectivity index (χ3n) is 1.74. The van der Waals surface area contributed by atoms with Crippen LogP contribution in [0, 0.1) is 0 Å². The van der Waals surface area contributed by atoms with Crippen LogP contribution in [0.3, 0.4) is 0 Å². The molecule has 0 radical (unpaired) electrons. The standard InChI is InChI=1S/C9H18O2.Al.3H/c1-2-3-4-5-6-7-8-9(10)11;;;;/h2-8H2,1H3,(H,10,11);;;;. The topological polar surface area (TPSA) is 37.3 Å². The first-order chi connectivity index (χ1) is 5.27. The number of aliphatic carboxylic acids is 1. The molecule has 0 aliphatic heterocycles. The first-order valence-electron chi connectivity index (χ1n) is 4.49. The van der Waals surface area contributed by atoms with Crippen LogP contribution in [0.5, 0.6) is 0 Å². The molecule has 2 nitrogen and oxygen atoms in total. The van der Waals surface area contributed by atoms with Gasteiger partial charge >= 0.3 is 5.97 Å². The Bertz CT molecular complexity index is 105. The summed E-state index contributed by atoms with van der Waals surface area (Å²) in [6.07, 6.45) is 7.25. The maximum Gasteiger partial charge on any atom is 0.303 e. The molecule has 0 fully saturated rings. The van der Waals surface area contributed by atoms with Crippen molar-refractivity contribution in [3.8, 4) is 0 Å². The van der Waals surface area contributed by atoms with Gasteiger partial charge in [-0.15, -0.1) is 0 Å². The van der Waals surface area contributed by atoms with Crippen molar-refractivity contribution in [2.45, 2.75) is 51.9 Å². The highest BCUT2D eigenvalue weighted by atomic mass is 27.0. The van der Waals surface area contributed by atoms with Crippen LogP contribution >= 0.6 is 0 Å². The van der Waals surface area contributed by atoms with E-state index in [-0.39, 0.29) is 17.4 Å². The van der Waals surface area contributed by atoms with Gasteiger partial charge in [0.25, 0.3) is 0 Å². The highest BCUT2D eigenvalue weighted by Gasteiger charge is 1.95. The van der Waals surface area contributed by atoms with E-state index in [1.54, 1.807) is 0 Å². The van der Waals surface area contributed by atoms with Crippen molar-refractivity contribution < 1.29 is 9.90 Å². The summed E-state index contributed by atoms with van der Waals surface area (Å²) in [5.74, 6) is -0.666. The molecule has 0 aromatic rings. The molecule has 0 aliphatic rings. The molecule has 0 rings (SSSR count). The highest BCUT2D eigenvalue weighted by Crippen LogP contribution is 2.06. The van der Waals surface area contributed by atoms with Crippen LogP contribution in [0.25, 0.3) is 0 Å². The van der Waals surface area contributed by atoms with Gasteiger partial charge in [-0.3, -0.25) is 4.79 Å². The summed E-state index contributed by atoms with van der Waals surface area (Å²) in [7, 11) is 0. The zero-order valence-corrected chi connectivity index (χ0v) is 7.31. The van der Waals surface area contributed by atoms with E-state index in [2.05, 4.69) is 6.92 Å². The van der Waals surface area contributed by atoms with E-state index >= 15 is 0 Å². The van der Waals surface area contributed by atoms with Gasteiger partial charge in [0.2, 0.25) is 0 Å². The number of unbranched alkanes of at least 4 members (excludes halogenated alkanes) is 5. The molecule has 0 saturated carbocycles. The lowest BCUT2D eigenvalue weighted by Gasteiger charge is -1.97. The van der Waals surface area contributed by atoms with Gasteiger partial charge in [0.05, 0.1) is 0 Å². The van der Waals surface area contributed by atoms with Gasteiger partial charge < -0.3 is 5.11 Å². The SMILES string of the molecule is CCCCCCCCC(=O)O.[AlH3]. The normalized spacial score (nSPS) is 9.08. The first kappa shape index (κ1) is 14.5. The van der Waals surface area contributed by atoms with E-state index in [1.165, 1.54) is 25.7 Å². The van der Waals surface area contributed by atoms with E-state index < -0.39 is 5.97 Å². The predicted octanol–water partition coefficient (Wildman–Crippen LogP) is 1.64. The number of carbonyl (C=O) groups is 1. The van der Waals surface area contributed by atoms with Crippen molar-refractivity contribution >= 4 is 23.3 Å². The monoisotopic (exact) mass is 188 g/mol. The molecule has 0 amide bonds. The number of hydrogen-bond acceptors (Lipinski definition) is 1. The fourth-order valence-corrected chi connectivity index (χ4v) is 1.06. The molecule has 0 unspecified atom stereocenters. The Morgan fingerprint density at radius 3 is 2.08 bits per heavy atom. The number of rotatable bonds is 7. The Morgan fingerprint density at radius 1 is 1.08 bits per heavy atom. The zero-order chi connectivity index (χ0) is 8.53. The smallest absolute Gasteiger partial charge is 0.303 e. The molecule has 12 heavy (non-hydrogen) atoms. The van der Waals surface area contributed by atoms with Gasteiger partial charge in [-0.2, -0.15) is 0 Å². The highest BCUT2D eigenvalue weighted by molar-refractivity contribution is 5.75. The van der Waals surface area contributed by atoms with Crippen LogP contribution in [-0.4, -0.2) is 28.4 Å². The maximum atomic E-state index is 10.1. The molecule has 3 heteroatoms. The minimum atomic E-state index is -0.666. The van der Waals surface area contributed by atoms with Gasteiger partial charge in [0, 0.05) is 6.42 Å². The fourth-order valence-electron chi connectivity index (χ4n) is 1.06. The minimum absolute atomic E-state index is 0. The van der Waals surface area contributed by atoms with Crippen molar-refractivity contribution in [2.75, 3.05) is 0 Å². The van der Waals surface area contributed by atoms with Crippen LogP contribution in [0.15, 0.2) is 0 Å². The van der Waals surface area contributed by atoms with Gasteiger partial charge in [-0.25, -0.2) is 0 Å². The van der Waals surface area contributed by atoms with Crippen LogP contribution < -0.4 is 0 Å². The Morgan fingerprint density at radius 2 is 1.58 bits per heavy atom. The van der Waals surface area contributed by atoms with Gasteiger partial charge in [0.15, 0.2) is 17.4 Å². The predicted molar refractivity (Wildman–Crippen MR) is 55.6 cm³/mol. The van der Waals surface area contributed by atoms with Crippen LogP contribution in [0.1, 0.15) is 51.9 Å². The average Bonchev–Trinajstić information content (AvgIpc) is 1.96. The van der Waals surface area contributed by atoms with Gasteiger partial charge in [-0.05, 0) is 6.42 Å². The minimum Gasteiger partial charge on any atom is -0.481 e. The van der Waals surface area contributed by atoms with E-state index in [1.807, 2.05) is 0 Å². The Hall–Kier alpha value is 0.00247. The lowest BCUT2D eigenvalue weighted by atomic mass is 10.1. The molecule has 0 heterocycles. The third-order valence-corrected chi connectivity index (χ3v) is 1.74. The Balaban J connectivity index is 0. The molecule has 0 aliphatic carbocycles. The first-order valence-corrected chi connectivity index (χ1v) is 4.49. The van der Waals surface area contributed by atoms with E-state index in [9.17, 15) is 4.79 Å². The molecule has 0 atom stereocenters. The summed E-state index contributed by atoms with van der Waals surface area (Å²) in [6.45, 7) is 2.18. The molecule has 72 valence electrons. The second-order valence-corrected chi connectivity index (χ2v) is 2.91. The second-order valence-electron chi connectivity index (χ2n) is 2.91. The lowest BCUT2D eigenvalue weighted by molar-refractivity contribution is -0.137. The molecule has 0 spiro atoms. The summed E-state index contributed by atoms with van der Waals surface area (Å²) in [4.78, 5) is 10.1. The van der Waals surface area contributed by atoms with Crippen molar-refractivity contribution in [3.63, 3.8) is 0 Å². The average molecular weight is 188 g/mol. The van der Waals surface area contributed by atoms with Crippen molar-refractivity contribution in [3.05, 3.63) is 0 Å². The van der Waals surface area contributed by atoms with Crippen LogP contribution in [0.2, 0.25) is 0 Å². The molecular weight excluding hydrogens is 167 g/mol. The van der Waals surface area contributed by atoms with E-state index in [0.717, 1.165) is 12.8 Å². The number of hydrogen-bond donors (Lipinski definition) is 1. The largest absolute Gasteiger partial charge is 0.481 e. The fraction of sp³-hybridized carbons (Fsp3) is 0.889. The van der Waals surface area contributed by atoms with Crippen molar-refractivity contribution in [1.82, 2.24) is 0 Å². The zero-order valence-electron chi connectivity index (χ0n) is 7.31. The third kappa shape index (κ3) is 12.7. The number of carboxylic acids is 1. The van der Waals surface area contributed by atoms with Crippen molar-refractivity contribution in [1.29, 1.82) is 0 Å². The maximum absolute atomic E-state index is 10.1.